The summed E-state index contributed by atoms with van der Waals surface area (Å²) in [6.45, 7) is 4.86. The molecule has 3 aromatic rings. The first kappa shape index (κ1) is 17.5. The summed E-state index contributed by atoms with van der Waals surface area (Å²) >= 11 is 6.05. The van der Waals surface area contributed by atoms with Crippen LogP contribution in [0.25, 0.3) is 16.7 Å². The topological polar surface area (TPSA) is 41.3 Å². The van der Waals surface area contributed by atoms with Crippen LogP contribution < -0.4 is 0 Å². The lowest BCUT2D eigenvalue weighted by Crippen LogP contribution is -2.33. The van der Waals surface area contributed by atoms with Crippen LogP contribution >= 0.6 is 11.6 Å². The van der Waals surface area contributed by atoms with Crippen LogP contribution in [0, 0.1) is 6.92 Å². The molecular formula is C21H24ClN3O. The maximum Gasteiger partial charge on any atom is 0.0955 e. The second kappa shape index (κ2) is 7.39. The second-order valence-electron chi connectivity index (χ2n) is 7.06. The Morgan fingerprint density at radius 3 is 2.58 bits per heavy atom. The zero-order valence-corrected chi connectivity index (χ0v) is 15.8. The number of hydrogen-bond donors (Lipinski definition) is 1. The predicted octanol–water partition coefficient (Wildman–Crippen LogP) is 4.51. The summed E-state index contributed by atoms with van der Waals surface area (Å²) in [5, 5.41) is 11.8. The van der Waals surface area contributed by atoms with Gasteiger partial charge in [-0.2, -0.15) is 0 Å². The van der Waals surface area contributed by atoms with Gasteiger partial charge in [-0.3, -0.25) is 4.98 Å². The van der Waals surface area contributed by atoms with E-state index < -0.39 is 6.10 Å². The highest BCUT2D eigenvalue weighted by Gasteiger charge is 2.24. The lowest BCUT2D eigenvalue weighted by atomic mass is 10.1. The van der Waals surface area contributed by atoms with Crippen molar-refractivity contribution in [3.63, 3.8) is 0 Å². The lowest BCUT2D eigenvalue weighted by Gasteiger charge is -2.28. The number of pyridine rings is 1. The quantitative estimate of drug-likeness (QED) is 0.735. The zero-order chi connectivity index (χ0) is 18.1. The van der Waals surface area contributed by atoms with Crippen LogP contribution in [0.5, 0.6) is 0 Å². The van der Waals surface area contributed by atoms with E-state index >= 15 is 0 Å². The number of nitrogens with zero attached hydrogens (tertiary/aromatic N) is 3. The molecule has 26 heavy (non-hydrogen) atoms. The highest BCUT2D eigenvalue weighted by molar-refractivity contribution is 6.30. The highest BCUT2D eigenvalue weighted by Crippen LogP contribution is 2.33. The van der Waals surface area contributed by atoms with Crippen molar-refractivity contribution in [1.29, 1.82) is 0 Å². The Bertz CT molecular complexity index is 898. The summed E-state index contributed by atoms with van der Waals surface area (Å²) in [4.78, 5) is 6.96. The lowest BCUT2D eigenvalue weighted by molar-refractivity contribution is 0.102. The van der Waals surface area contributed by atoms with Crippen molar-refractivity contribution in [2.45, 2.75) is 32.3 Å². The number of β-amino-alcohol motifs (C(OH)–C–C–N with tert-alkyl or cyclic N) is 1. The molecule has 4 nitrogen and oxygen atoms in total. The minimum absolute atomic E-state index is 0.543. The second-order valence-corrected chi connectivity index (χ2v) is 7.50. The average molecular weight is 370 g/mol. The Kier molecular flexibility index (Phi) is 4.98. The number of rotatable bonds is 4. The molecule has 3 heterocycles. The Morgan fingerprint density at radius 1 is 1.12 bits per heavy atom. The summed E-state index contributed by atoms with van der Waals surface area (Å²) in [7, 11) is 0. The van der Waals surface area contributed by atoms with Crippen molar-refractivity contribution in [3.05, 3.63) is 58.9 Å². The summed E-state index contributed by atoms with van der Waals surface area (Å²) in [5.41, 5.74) is 4.89. The minimum Gasteiger partial charge on any atom is -0.387 e. The van der Waals surface area contributed by atoms with E-state index in [1.807, 2.05) is 30.3 Å². The van der Waals surface area contributed by atoms with E-state index in [0.717, 1.165) is 41.1 Å². The van der Waals surface area contributed by atoms with Gasteiger partial charge in [0.25, 0.3) is 0 Å². The van der Waals surface area contributed by atoms with Gasteiger partial charge in [0.1, 0.15) is 0 Å². The minimum atomic E-state index is -0.543. The van der Waals surface area contributed by atoms with Crippen LogP contribution in [-0.4, -0.2) is 39.2 Å². The Balaban J connectivity index is 1.77. The van der Waals surface area contributed by atoms with E-state index in [1.165, 1.54) is 19.3 Å². The summed E-state index contributed by atoms with van der Waals surface area (Å²) < 4.78 is 2.16. The van der Waals surface area contributed by atoms with Crippen molar-refractivity contribution in [1.82, 2.24) is 14.5 Å². The van der Waals surface area contributed by atoms with Crippen LogP contribution in [0.15, 0.2) is 42.6 Å². The van der Waals surface area contributed by atoms with Gasteiger partial charge in [0.15, 0.2) is 0 Å². The molecule has 1 saturated heterocycles. The third-order valence-corrected chi connectivity index (χ3v) is 5.56. The summed E-state index contributed by atoms with van der Waals surface area (Å²) in [5.74, 6) is 0. The average Bonchev–Trinajstić information content (AvgIpc) is 2.95. The van der Waals surface area contributed by atoms with Crippen LogP contribution in [0.1, 0.15) is 36.6 Å². The monoisotopic (exact) mass is 369 g/mol. The summed E-state index contributed by atoms with van der Waals surface area (Å²) in [6, 6.07) is 11.8. The summed E-state index contributed by atoms with van der Waals surface area (Å²) in [6.07, 6.45) is 4.99. The van der Waals surface area contributed by atoms with Gasteiger partial charge in [0.05, 0.1) is 17.1 Å². The van der Waals surface area contributed by atoms with Crippen LogP contribution in [0.4, 0.5) is 0 Å². The van der Waals surface area contributed by atoms with Gasteiger partial charge in [0, 0.05) is 34.7 Å². The molecule has 1 aliphatic rings. The fraction of sp³-hybridized carbons (Fsp3) is 0.381. The maximum atomic E-state index is 11.0. The van der Waals surface area contributed by atoms with Gasteiger partial charge in [-0.1, -0.05) is 18.0 Å². The molecular weight excluding hydrogens is 346 g/mol. The van der Waals surface area contributed by atoms with Gasteiger partial charge in [0.2, 0.25) is 0 Å². The first-order chi connectivity index (χ1) is 12.6. The molecule has 1 unspecified atom stereocenters. The van der Waals surface area contributed by atoms with Crippen molar-refractivity contribution in [2.75, 3.05) is 19.6 Å². The fourth-order valence-corrected chi connectivity index (χ4v) is 4.18. The van der Waals surface area contributed by atoms with Gasteiger partial charge < -0.3 is 14.6 Å². The van der Waals surface area contributed by atoms with E-state index in [0.29, 0.717) is 11.6 Å². The molecule has 2 aromatic heterocycles. The molecule has 0 bridgehead atoms. The highest BCUT2D eigenvalue weighted by atomic mass is 35.5. The van der Waals surface area contributed by atoms with Crippen molar-refractivity contribution in [2.24, 2.45) is 0 Å². The molecule has 1 atom stereocenters. The van der Waals surface area contributed by atoms with E-state index in [1.54, 1.807) is 6.20 Å². The standard InChI is InChI=1S/C21H24ClN3O/c1-15-20(19(26)14-24-12-3-2-4-13-24)21-18(6-5-11-23-21)25(15)17-9-7-16(22)8-10-17/h5-11,19,26H,2-4,12-14H2,1H3. The number of halogens is 1. The molecule has 0 radical (unpaired) electrons. The molecule has 4 rings (SSSR count). The number of aliphatic hydroxyl groups is 1. The van der Waals surface area contributed by atoms with Gasteiger partial charge in [-0.15, -0.1) is 0 Å². The molecule has 1 aliphatic heterocycles. The van der Waals surface area contributed by atoms with E-state index in [-0.39, 0.29) is 0 Å². The van der Waals surface area contributed by atoms with Gasteiger partial charge in [-0.25, -0.2) is 0 Å². The molecule has 1 fully saturated rings. The van der Waals surface area contributed by atoms with E-state index in [2.05, 4.69) is 27.4 Å². The third-order valence-electron chi connectivity index (χ3n) is 5.31. The molecule has 0 aliphatic carbocycles. The molecule has 136 valence electrons. The molecule has 5 heteroatoms. The molecule has 0 saturated carbocycles. The Morgan fingerprint density at radius 2 is 1.85 bits per heavy atom. The Hall–Kier alpha value is -1.88. The number of piperidine rings is 1. The SMILES string of the molecule is Cc1c(C(O)CN2CCCCC2)c2ncccc2n1-c1ccc(Cl)cc1. The predicted molar refractivity (Wildman–Crippen MR) is 106 cm³/mol. The van der Waals surface area contributed by atoms with Crippen LogP contribution in [0.2, 0.25) is 5.02 Å². The largest absolute Gasteiger partial charge is 0.387 e. The molecule has 0 amide bonds. The van der Waals surface area contributed by atoms with Gasteiger partial charge in [-0.05, 0) is 69.3 Å². The Labute approximate surface area is 159 Å². The maximum absolute atomic E-state index is 11.0. The fourth-order valence-electron chi connectivity index (χ4n) is 4.06. The normalized spacial score (nSPS) is 16.9. The number of hydrogen-bond acceptors (Lipinski definition) is 3. The molecule has 0 spiro atoms. The van der Waals surface area contributed by atoms with Crippen molar-refractivity contribution in [3.8, 4) is 5.69 Å². The number of benzene rings is 1. The van der Waals surface area contributed by atoms with Crippen LogP contribution in [0.3, 0.4) is 0 Å². The zero-order valence-electron chi connectivity index (χ0n) is 15.0. The van der Waals surface area contributed by atoms with E-state index in [9.17, 15) is 5.11 Å². The number of aliphatic hydroxyl groups excluding tert-OH is 1. The first-order valence-corrected chi connectivity index (χ1v) is 9.65. The van der Waals surface area contributed by atoms with Gasteiger partial charge >= 0.3 is 0 Å². The molecule has 1 N–H and O–H groups in total. The molecule has 1 aromatic carbocycles. The number of fused-ring (bicyclic) bond motifs is 1. The third kappa shape index (κ3) is 3.25. The van der Waals surface area contributed by atoms with Crippen molar-refractivity contribution >= 4 is 22.6 Å². The first-order valence-electron chi connectivity index (χ1n) is 9.27. The van der Waals surface area contributed by atoms with Crippen LogP contribution in [-0.2, 0) is 0 Å². The van der Waals surface area contributed by atoms with Crippen molar-refractivity contribution < 1.29 is 5.11 Å². The number of aromatic nitrogens is 2. The number of likely N-dealkylation sites (tertiary alicyclic amines) is 1. The van der Waals surface area contributed by atoms with E-state index in [4.69, 9.17) is 11.6 Å². The smallest absolute Gasteiger partial charge is 0.0955 e.